The Morgan fingerprint density at radius 3 is 2.40 bits per heavy atom. The number of halogens is 3. The van der Waals surface area contributed by atoms with Gasteiger partial charge in [0.15, 0.2) is 0 Å². The maximum absolute atomic E-state index is 12.3. The maximum atomic E-state index is 12.3. The van der Waals surface area contributed by atoms with Gasteiger partial charge in [0.1, 0.15) is 0 Å². The number of alkyl halides is 3. The van der Waals surface area contributed by atoms with E-state index in [0.717, 1.165) is 19.5 Å². The van der Waals surface area contributed by atoms with Crippen LogP contribution < -0.4 is 5.73 Å². The van der Waals surface area contributed by atoms with E-state index in [2.05, 4.69) is 16.8 Å². The summed E-state index contributed by atoms with van der Waals surface area (Å²) in [6, 6.07) is 0.494. The molecule has 2 atom stereocenters. The van der Waals surface area contributed by atoms with Crippen molar-refractivity contribution in [3.63, 3.8) is 0 Å². The predicted octanol–water partition coefficient (Wildman–Crippen LogP) is 2.46. The second kappa shape index (κ2) is 7.09. The van der Waals surface area contributed by atoms with Gasteiger partial charge in [-0.2, -0.15) is 13.2 Å². The number of rotatable bonds is 7. The normalized spacial score (nSPS) is 24.3. The molecule has 1 aliphatic rings. The van der Waals surface area contributed by atoms with Gasteiger partial charge in [-0.25, -0.2) is 0 Å². The highest BCUT2D eigenvalue weighted by molar-refractivity contribution is 4.89. The lowest BCUT2D eigenvalue weighted by Crippen LogP contribution is -2.53. The van der Waals surface area contributed by atoms with Crippen LogP contribution in [0.2, 0.25) is 0 Å². The Labute approximate surface area is 120 Å². The summed E-state index contributed by atoms with van der Waals surface area (Å²) in [4.78, 5) is 4.47. The first kappa shape index (κ1) is 17.7. The Kier molecular flexibility index (Phi) is 6.28. The third kappa shape index (κ3) is 5.22. The van der Waals surface area contributed by atoms with Crippen LogP contribution in [0.1, 0.15) is 39.0 Å². The van der Waals surface area contributed by atoms with Gasteiger partial charge in [-0.1, -0.05) is 0 Å². The van der Waals surface area contributed by atoms with E-state index in [1.807, 2.05) is 14.0 Å². The minimum atomic E-state index is -4.07. The predicted molar refractivity (Wildman–Crippen MR) is 75.6 cm³/mol. The fraction of sp³-hybridized carbons (Fsp3) is 1.00. The minimum Gasteiger partial charge on any atom is -0.329 e. The molecule has 20 heavy (non-hydrogen) atoms. The Morgan fingerprint density at radius 2 is 1.95 bits per heavy atom. The molecule has 0 radical (unpaired) electrons. The molecule has 0 aromatic carbocycles. The highest BCUT2D eigenvalue weighted by Crippen LogP contribution is 2.28. The summed E-state index contributed by atoms with van der Waals surface area (Å²) in [5, 5.41) is 0. The van der Waals surface area contributed by atoms with Gasteiger partial charge in [-0.3, -0.25) is 4.90 Å². The highest BCUT2D eigenvalue weighted by atomic mass is 19.4. The summed E-state index contributed by atoms with van der Waals surface area (Å²) in [5.74, 6) is 0. The SMILES string of the molecule is CN1CCCC1CN(C)C(C)(CN)CCCC(F)(F)F. The van der Waals surface area contributed by atoms with Crippen LogP contribution in [0.15, 0.2) is 0 Å². The Morgan fingerprint density at radius 1 is 1.30 bits per heavy atom. The van der Waals surface area contributed by atoms with Crippen molar-refractivity contribution in [1.29, 1.82) is 0 Å². The molecule has 120 valence electrons. The van der Waals surface area contributed by atoms with E-state index in [1.165, 1.54) is 6.42 Å². The summed E-state index contributed by atoms with van der Waals surface area (Å²) in [5.41, 5.74) is 5.48. The van der Waals surface area contributed by atoms with Gasteiger partial charge in [0.2, 0.25) is 0 Å². The third-order valence-electron chi connectivity index (χ3n) is 4.69. The number of likely N-dealkylation sites (tertiary alicyclic amines) is 1. The molecule has 0 bridgehead atoms. The van der Waals surface area contributed by atoms with Gasteiger partial charge in [0.05, 0.1) is 0 Å². The van der Waals surface area contributed by atoms with E-state index in [4.69, 9.17) is 5.73 Å². The lowest BCUT2D eigenvalue weighted by molar-refractivity contribution is -0.136. The van der Waals surface area contributed by atoms with Crippen molar-refractivity contribution in [2.24, 2.45) is 5.73 Å². The smallest absolute Gasteiger partial charge is 0.329 e. The highest BCUT2D eigenvalue weighted by Gasteiger charge is 2.33. The van der Waals surface area contributed by atoms with Gasteiger partial charge in [-0.05, 0) is 53.2 Å². The summed E-state index contributed by atoms with van der Waals surface area (Å²) in [6.45, 7) is 4.33. The van der Waals surface area contributed by atoms with Crippen molar-refractivity contribution in [2.75, 3.05) is 33.7 Å². The largest absolute Gasteiger partial charge is 0.389 e. The van der Waals surface area contributed by atoms with Crippen molar-refractivity contribution in [3.8, 4) is 0 Å². The molecule has 1 heterocycles. The third-order valence-corrected chi connectivity index (χ3v) is 4.69. The first-order chi connectivity index (χ1) is 9.18. The molecule has 0 saturated carbocycles. The van der Waals surface area contributed by atoms with Gasteiger partial charge in [-0.15, -0.1) is 0 Å². The fourth-order valence-corrected chi connectivity index (χ4v) is 2.86. The zero-order chi connectivity index (χ0) is 15.4. The summed E-state index contributed by atoms with van der Waals surface area (Å²) < 4.78 is 36.8. The lowest BCUT2D eigenvalue weighted by Gasteiger charge is -2.40. The lowest BCUT2D eigenvalue weighted by atomic mass is 9.92. The van der Waals surface area contributed by atoms with Gasteiger partial charge in [0, 0.05) is 31.1 Å². The molecular formula is C14H28F3N3. The first-order valence-electron chi connectivity index (χ1n) is 7.36. The van der Waals surface area contributed by atoms with Crippen LogP contribution in [0.25, 0.3) is 0 Å². The number of hydrogen-bond acceptors (Lipinski definition) is 3. The van der Waals surface area contributed by atoms with Gasteiger partial charge < -0.3 is 10.6 Å². The van der Waals surface area contributed by atoms with Crippen LogP contribution in [-0.2, 0) is 0 Å². The van der Waals surface area contributed by atoms with Crippen molar-refractivity contribution < 1.29 is 13.2 Å². The monoisotopic (exact) mass is 295 g/mol. The molecule has 1 rings (SSSR count). The first-order valence-corrected chi connectivity index (χ1v) is 7.36. The molecule has 1 fully saturated rings. The van der Waals surface area contributed by atoms with E-state index < -0.39 is 12.6 Å². The second-order valence-corrected chi connectivity index (χ2v) is 6.33. The molecule has 0 spiro atoms. The molecule has 0 amide bonds. The summed E-state index contributed by atoms with van der Waals surface area (Å²) >= 11 is 0. The van der Waals surface area contributed by atoms with E-state index in [-0.39, 0.29) is 12.0 Å². The van der Waals surface area contributed by atoms with Crippen molar-refractivity contribution in [2.45, 2.75) is 56.8 Å². The van der Waals surface area contributed by atoms with Crippen LogP contribution in [-0.4, -0.2) is 61.3 Å². The maximum Gasteiger partial charge on any atom is 0.389 e. The molecule has 1 saturated heterocycles. The molecule has 0 aliphatic carbocycles. The Bertz CT molecular complexity index is 296. The van der Waals surface area contributed by atoms with Gasteiger partial charge >= 0.3 is 6.18 Å². The van der Waals surface area contributed by atoms with Crippen LogP contribution in [0, 0.1) is 0 Å². The van der Waals surface area contributed by atoms with Crippen LogP contribution in [0.4, 0.5) is 13.2 Å². The Balaban J connectivity index is 2.48. The molecule has 1 aliphatic heterocycles. The number of hydrogen-bond donors (Lipinski definition) is 1. The second-order valence-electron chi connectivity index (χ2n) is 6.33. The van der Waals surface area contributed by atoms with E-state index in [1.54, 1.807) is 0 Å². The molecule has 0 aromatic heterocycles. The molecule has 0 aromatic rings. The van der Waals surface area contributed by atoms with Crippen LogP contribution >= 0.6 is 0 Å². The van der Waals surface area contributed by atoms with E-state index >= 15 is 0 Å². The molecule has 3 nitrogen and oxygen atoms in total. The minimum absolute atomic E-state index is 0.141. The molecular weight excluding hydrogens is 267 g/mol. The van der Waals surface area contributed by atoms with Crippen molar-refractivity contribution in [3.05, 3.63) is 0 Å². The zero-order valence-electron chi connectivity index (χ0n) is 12.8. The van der Waals surface area contributed by atoms with E-state index in [9.17, 15) is 13.2 Å². The standard InChI is InChI=1S/C14H28F3N3/c1-13(11-18,7-5-8-14(15,16)17)20(3)10-12-6-4-9-19(12)2/h12H,4-11,18H2,1-3H3. The van der Waals surface area contributed by atoms with Crippen LogP contribution in [0.5, 0.6) is 0 Å². The summed E-state index contributed by atoms with van der Waals surface area (Å²) in [7, 11) is 4.08. The van der Waals surface area contributed by atoms with Crippen LogP contribution in [0.3, 0.4) is 0 Å². The zero-order valence-corrected chi connectivity index (χ0v) is 12.8. The molecule has 2 unspecified atom stereocenters. The van der Waals surface area contributed by atoms with Gasteiger partial charge in [0.25, 0.3) is 0 Å². The average molecular weight is 295 g/mol. The average Bonchev–Trinajstić information content (AvgIpc) is 2.73. The Hall–Kier alpha value is -0.330. The fourth-order valence-electron chi connectivity index (χ4n) is 2.86. The molecule has 6 heteroatoms. The topological polar surface area (TPSA) is 32.5 Å². The number of nitrogens with zero attached hydrogens (tertiary/aromatic N) is 2. The van der Waals surface area contributed by atoms with Crippen molar-refractivity contribution in [1.82, 2.24) is 9.80 Å². The number of nitrogens with two attached hydrogens (primary N) is 1. The quantitative estimate of drug-likeness (QED) is 0.783. The molecule has 2 N–H and O–H groups in total. The van der Waals surface area contributed by atoms with E-state index in [0.29, 0.717) is 19.0 Å². The van der Waals surface area contributed by atoms with Crippen molar-refractivity contribution >= 4 is 0 Å². The number of likely N-dealkylation sites (N-methyl/N-ethyl adjacent to an activating group) is 2. The summed E-state index contributed by atoms with van der Waals surface area (Å²) in [6.07, 6.45) is -1.82.